The number of halogens is 2. The van der Waals surface area contributed by atoms with Gasteiger partial charge in [-0.3, -0.25) is 9.69 Å². The van der Waals surface area contributed by atoms with Gasteiger partial charge in [0, 0.05) is 19.5 Å². The molecule has 1 aliphatic heterocycles. The van der Waals surface area contributed by atoms with Gasteiger partial charge in [-0.2, -0.15) is 0 Å². The highest BCUT2D eigenvalue weighted by Crippen LogP contribution is 2.28. The second-order valence-electron chi connectivity index (χ2n) is 5.13. The largest absolute Gasteiger partial charge is 0.370 e. The number of rotatable bonds is 4. The molecular weight excluding hydrogens is 283 g/mol. The number of amides is 1. The zero-order chi connectivity index (χ0) is 13.8. The monoisotopic (exact) mass is 300 g/mol. The molecule has 1 aromatic rings. The van der Waals surface area contributed by atoms with E-state index in [0.717, 1.165) is 38.0 Å². The van der Waals surface area contributed by atoms with Gasteiger partial charge in [0.1, 0.15) is 0 Å². The summed E-state index contributed by atoms with van der Waals surface area (Å²) in [6, 6.07) is 5.69. The minimum absolute atomic E-state index is 0.215. The Hall–Kier alpha value is -0.770. The molecule has 0 radical (unpaired) electrons. The summed E-state index contributed by atoms with van der Waals surface area (Å²) in [6.07, 6.45) is 2.64. The predicted octanol–water partition coefficient (Wildman–Crippen LogP) is 3.08. The number of likely N-dealkylation sites (tertiary alicyclic amines) is 1. The van der Waals surface area contributed by atoms with Crippen molar-refractivity contribution in [2.75, 3.05) is 13.1 Å². The Kier molecular flexibility index (Phi) is 5.08. The molecule has 19 heavy (non-hydrogen) atoms. The summed E-state index contributed by atoms with van der Waals surface area (Å²) in [5.74, 6) is 0.150. The van der Waals surface area contributed by atoms with E-state index >= 15 is 0 Å². The van der Waals surface area contributed by atoms with Gasteiger partial charge in [0.05, 0.1) is 10.0 Å². The van der Waals surface area contributed by atoms with Crippen molar-refractivity contribution in [1.29, 1.82) is 0 Å². The highest BCUT2D eigenvalue weighted by atomic mass is 35.5. The molecule has 3 nitrogen and oxygen atoms in total. The molecular formula is C14H18Cl2N2O. The van der Waals surface area contributed by atoms with E-state index in [2.05, 4.69) is 4.90 Å². The minimum atomic E-state index is -0.215. The first-order valence-electron chi connectivity index (χ1n) is 6.50. The van der Waals surface area contributed by atoms with Crippen molar-refractivity contribution in [2.45, 2.75) is 25.8 Å². The van der Waals surface area contributed by atoms with Crippen LogP contribution in [0.4, 0.5) is 0 Å². The molecule has 1 fully saturated rings. The summed E-state index contributed by atoms with van der Waals surface area (Å²) < 4.78 is 0. The highest BCUT2D eigenvalue weighted by Gasteiger charge is 2.22. The van der Waals surface area contributed by atoms with Gasteiger partial charge in [0.2, 0.25) is 5.91 Å². The van der Waals surface area contributed by atoms with Crippen LogP contribution in [0.15, 0.2) is 18.2 Å². The number of piperidine rings is 1. The lowest BCUT2D eigenvalue weighted by atomic mass is 9.94. The molecule has 1 atom stereocenters. The molecule has 1 aliphatic rings. The number of hydrogen-bond donors (Lipinski definition) is 1. The van der Waals surface area contributed by atoms with Crippen molar-refractivity contribution >= 4 is 29.1 Å². The van der Waals surface area contributed by atoms with Crippen LogP contribution in [0.25, 0.3) is 0 Å². The molecule has 1 amide bonds. The average molecular weight is 301 g/mol. The van der Waals surface area contributed by atoms with Crippen LogP contribution >= 0.6 is 23.2 Å². The van der Waals surface area contributed by atoms with Crippen LogP contribution in [-0.4, -0.2) is 23.9 Å². The van der Waals surface area contributed by atoms with Crippen molar-refractivity contribution in [3.63, 3.8) is 0 Å². The second kappa shape index (κ2) is 6.60. The first-order valence-corrected chi connectivity index (χ1v) is 7.25. The van der Waals surface area contributed by atoms with Crippen LogP contribution in [0.5, 0.6) is 0 Å². The zero-order valence-corrected chi connectivity index (χ0v) is 12.3. The maximum atomic E-state index is 11.0. The molecule has 1 aromatic carbocycles. The van der Waals surface area contributed by atoms with Gasteiger partial charge < -0.3 is 5.73 Å². The maximum absolute atomic E-state index is 11.0. The fourth-order valence-electron chi connectivity index (χ4n) is 2.66. The number of primary amides is 1. The lowest BCUT2D eigenvalue weighted by molar-refractivity contribution is -0.119. The molecule has 5 heteroatoms. The lowest BCUT2D eigenvalue weighted by Gasteiger charge is -2.32. The third-order valence-electron chi connectivity index (χ3n) is 3.52. The third-order valence-corrected chi connectivity index (χ3v) is 4.38. The lowest BCUT2D eigenvalue weighted by Crippen LogP contribution is -2.36. The Morgan fingerprint density at radius 2 is 2.21 bits per heavy atom. The van der Waals surface area contributed by atoms with E-state index in [1.54, 1.807) is 6.07 Å². The highest BCUT2D eigenvalue weighted by molar-refractivity contribution is 6.42. The van der Waals surface area contributed by atoms with E-state index in [4.69, 9.17) is 28.9 Å². The number of nitrogens with zero attached hydrogens (tertiary/aromatic N) is 1. The SMILES string of the molecule is NC(=O)C[C@@H]1CCCN(Cc2cccc(Cl)c2Cl)C1. The fraction of sp³-hybridized carbons (Fsp3) is 0.500. The molecule has 0 aromatic heterocycles. The first-order chi connectivity index (χ1) is 9.06. The zero-order valence-electron chi connectivity index (χ0n) is 10.7. The molecule has 2 N–H and O–H groups in total. The molecule has 0 bridgehead atoms. The molecule has 1 saturated heterocycles. The standard InChI is InChI=1S/C14H18Cl2N2O/c15-12-5-1-4-11(14(12)16)9-18-6-2-3-10(8-18)7-13(17)19/h1,4-5,10H,2-3,6-9H2,(H2,17,19)/t10-/m0/s1. The molecule has 104 valence electrons. The summed E-state index contributed by atoms with van der Waals surface area (Å²) >= 11 is 12.2. The van der Waals surface area contributed by atoms with Crippen LogP contribution < -0.4 is 5.73 Å². The molecule has 0 aliphatic carbocycles. The van der Waals surface area contributed by atoms with Gasteiger partial charge in [-0.25, -0.2) is 0 Å². The Morgan fingerprint density at radius 3 is 2.95 bits per heavy atom. The van der Waals surface area contributed by atoms with E-state index in [1.807, 2.05) is 12.1 Å². The second-order valence-corrected chi connectivity index (χ2v) is 5.91. The molecule has 1 heterocycles. The van der Waals surface area contributed by atoms with Crippen LogP contribution in [-0.2, 0) is 11.3 Å². The normalized spacial score (nSPS) is 20.4. The van der Waals surface area contributed by atoms with Gasteiger partial charge in [-0.15, -0.1) is 0 Å². The van der Waals surface area contributed by atoms with Gasteiger partial charge >= 0.3 is 0 Å². The predicted molar refractivity (Wildman–Crippen MR) is 78.3 cm³/mol. The molecule has 0 spiro atoms. The van der Waals surface area contributed by atoms with E-state index in [1.165, 1.54) is 0 Å². The van der Waals surface area contributed by atoms with E-state index in [-0.39, 0.29) is 5.91 Å². The number of benzene rings is 1. The van der Waals surface area contributed by atoms with Crippen LogP contribution in [0.1, 0.15) is 24.8 Å². The smallest absolute Gasteiger partial charge is 0.217 e. The summed E-state index contributed by atoms with van der Waals surface area (Å²) in [6.45, 7) is 2.69. The topological polar surface area (TPSA) is 46.3 Å². The Labute approximate surface area is 123 Å². The Balaban J connectivity index is 1.98. The Bertz CT molecular complexity index is 465. The maximum Gasteiger partial charge on any atom is 0.217 e. The first kappa shape index (κ1) is 14.6. The van der Waals surface area contributed by atoms with Gasteiger partial charge in [-0.1, -0.05) is 35.3 Å². The van der Waals surface area contributed by atoms with Crippen molar-refractivity contribution in [2.24, 2.45) is 11.7 Å². The van der Waals surface area contributed by atoms with E-state index in [9.17, 15) is 4.79 Å². The van der Waals surface area contributed by atoms with Crippen LogP contribution in [0, 0.1) is 5.92 Å². The average Bonchev–Trinajstić information content (AvgIpc) is 2.35. The third kappa shape index (κ3) is 4.10. The fourth-order valence-corrected chi connectivity index (χ4v) is 3.04. The van der Waals surface area contributed by atoms with Gasteiger partial charge in [0.15, 0.2) is 0 Å². The van der Waals surface area contributed by atoms with E-state index < -0.39 is 0 Å². The number of carbonyl (C=O) groups is 1. The quantitative estimate of drug-likeness (QED) is 0.929. The van der Waals surface area contributed by atoms with Crippen molar-refractivity contribution in [1.82, 2.24) is 4.90 Å². The minimum Gasteiger partial charge on any atom is -0.370 e. The summed E-state index contributed by atoms with van der Waals surface area (Å²) in [4.78, 5) is 13.3. The summed E-state index contributed by atoms with van der Waals surface area (Å²) in [5, 5.41) is 1.21. The molecule has 0 saturated carbocycles. The molecule has 2 rings (SSSR count). The van der Waals surface area contributed by atoms with E-state index in [0.29, 0.717) is 22.4 Å². The van der Waals surface area contributed by atoms with Crippen molar-refractivity contribution < 1.29 is 4.79 Å². The summed E-state index contributed by atoms with van der Waals surface area (Å²) in [7, 11) is 0. The van der Waals surface area contributed by atoms with Gasteiger partial charge in [-0.05, 0) is 36.9 Å². The van der Waals surface area contributed by atoms with Crippen LogP contribution in [0.3, 0.4) is 0 Å². The molecule has 0 unspecified atom stereocenters. The van der Waals surface area contributed by atoms with Gasteiger partial charge in [0.25, 0.3) is 0 Å². The number of carbonyl (C=O) groups excluding carboxylic acids is 1. The Morgan fingerprint density at radius 1 is 1.42 bits per heavy atom. The van der Waals surface area contributed by atoms with Crippen molar-refractivity contribution in [3.8, 4) is 0 Å². The summed E-state index contributed by atoms with van der Waals surface area (Å²) in [5.41, 5.74) is 6.31. The van der Waals surface area contributed by atoms with Crippen LogP contribution in [0.2, 0.25) is 10.0 Å². The number of nitrogens with two attached hydrogens (primary N) is 1. The number of hydrogen-bond acceptors (Lipinski definition) is 2. The van der Waals surface area contributed by atoms with Crippen molar-refractivity contribution in [3.05, 3.63) is 33.8 Å².